The van der Waals surface area contributed by atoms with Gasteiger partial charge in [0.2, 0.25) is 0 Å². The van der Waals surface area contributed by atoms with Crippen molar-refractivity contribution in [3.8, 4) is 0 Å². The second-order valence-corrected chi connectivity index (χ2v) is 7.25. The molecule has 4 heteroatoms. The summed E-state index contributed by atoms with van der Waals surface area (Å²) in [4.78, 5) is 9.28. The fraction of sp³-hybridized carbons (Fsp3) is 0.632. The number of nitrogens with zero attached hydrogens (tertiary/aromatic N) is 3. The van der Waals surface area contributed by atoms with Crippen LogP contribution in [-0.4, -0.2) is 50.6 Å². The molecule has 1 N–H and O–H groups in total. The first-order valence-electron chi connectivity index (χ1n) is 8.87. The minimum atomic E-state index is 0.411. The summed E-state index contributed by atoms with van der Waals surface area (Å²) in [7, 11) is 4.06. The second-order valence-electron chi connectivity index (χ2n) is 7.25. The third-order valence-electron chi connectivity index (χ3n) is 5.74. The molecule has 4 nitrogen and oxygen atoms in total. The lowest BCUT2D eigenvalue weighted by atomic mass is 9.68. The fourth-order valence-electron chi connectivity index (χ4n) is 3.83. The van der Waals surface area contributed by atoms with Gasteiger partial charge < -0.3 is 15.1 Å². The average molecular weight is 314 g/mol. The number of rotatable bonds is 4. The Morgan fingerprint density at radius 1 is 1.30 bits per heavy atom. The van der Waals surface area contributed by atoms with Crippen molar-refractivity contribution in [1.29, 1.82) is 0 Å². The van der Waals surface area contributed by atoms with Crippen molar-refractivity contribution in [2.75, 3.05) is 38.6 Å². The number of likely N-dealkylation sites (tertiary alicyclic amines) is 1. The lowest BCUT2D eigenvalue weighted by Gasteiger charge is -2.38. The van der Waals surface area contributed by atoms with Gasteiger partial charge in [-0.15, -0.1) is 0 Å². The number of likely N-dealkylation sites (N-methyl/N-ethyl adjacent to an activating group) is 1. The van der Waals surface area contributed by atoms with Crippen molar-refractivity contribution in [1.82, 2.24) is 10.2 Å². The van der Waals surface area contributed by atoms with Crippen molar-refractivity contribution >= 4 is 11.6 Å². The van der Waals surface area contributed by atoms with E-state index >= 15 is 0 Å². The summed E-state index contributed by atoms with van der Waals surface area (Å²) in [6, 6.07) is 11.0. The molecule has 0 bridgehead atoms. The topological polar surface area (TPSA) is 30.9 Å². The standard InChI is InChI=1S/C19H30N4/c1-16(22(3)17-8-5-4-6-9-17)14-21-18(20-2)23-13-12-19(15-23)10-7-11-19/h4-6,8-9,16H,7,10-15H2,1-3H3,(H,20,21). The van der Waals surface area contributed by atoms with Crippen LogP contribution in [0.15, 0.2) is 35.3 Å². The first kappa shape index (κ1) is 16.2. The van der Waals surface area contributed by atoms with Gasteiger partial charge in [0.1, 0.15) is 0 Å². The molecule has 2 aliphatic rings. The van der Waals surface area contributed by atoms with Crippen LogP contribution >= 0.6 is 0 Å². The zero-order valence-electron chi connectivity index (χ0n) is 14.8. The van der Waals surface area contributed by atoms with E-state index in [0.717, 1.165) is 19.0 Å². The third-order valence-corrected chi connectivity index (χ3v) is 5.74. The van der Waals surface area contributed by atoms with Crippen LogP contribution in [0, 0.1) is 5.41 Å². The Morgan fingerprint density at radius 2 is 2.04 bits per heavy atom. The molecule has 0 aromatic heterocycles. The molecular weight excluding hydrogens is 284 g/mol. The molecular formula is C19H30N4. The van der Waals surface area contributed by atoms with Gasteiger partial charge in [-0.1, -0.05) is 24.6 Å². The van der Waals surface area contributed by atoms with Crippen molar-refractivity contribution in [3.05, 3.63) is 30.3 Å². The van der Waals surface area contributed by atoms with E-state index in [4.69, 9.17) is 0 Å². The van der Waals surface area contributed by atoms with Gasteiger partial charge in [0.05, 0.1) is 0 Å². The highest BCUT2D eigenvalue weighted by Crippen LogP contribution is 2.47. The molecule has 1 unspecified atom stereocenters. The van der Waals surface area contributed by atoms with Gasteiger partial charge in [0.25, 0.3) is 0 Å². The van der Waals surface area contributed by atoms with Gasteiger partial charge in [-0.25, -0.2) is 0 Å². The molecule has 3 rings (SSSR count). The van der Waals surface area contributed by atoms with E-state index in [1.807, 2.05) is 7.05 Å². The summed E-state index contributed by atoms with van der Waals surface area (Å²) in [6.07, 6.45) is 5.58. The summed E-state index contributed by atoms with van der Waals surface area (Å²) in [5.41, 5.74) is 1.87. The monoisotopic (exact) mass is 314 g/mol. The van der Waals surface area contributed by atoms with E-state index in [0.29, 0.717) is 11.5 Å². The highest BCUT2D eigenvalue weighted by atomic mass is 15.3. The first-order valence-corrected chi connectivity index (χ1v) is 8.87. The number of hydrogen-bond acceptors (Lipinski definition) is 2. The smallest absolute Gasteiger partial charge is 0.193 e. The maximum absolute atomic E-state index is 4.51. The number of nitrogens with one attached hydrogen (secondary N) is 1. The number of anilines is 1. The molecule has 1 aromatic rings. The molecule has 0 radical (unpaired) electrons. The Labute approximate surface area is 140 Å². The molecule has 1 heterocycles. The molecule has 1 aliphatic heterocycles. The Balaban J connectivity index is 1.52. The molecule has 1 aliphatic carbocycles. The van der Waals surface area contributed by atoms with Gasteiger partial charge in [0, 0.05) is 45.5 Å². The number of guanidine groups is 1. The third kappa shape index (κ3) is 3.46. The minimum Gasteiger partial charge on any atom is -0.370 e. The molecule has 2 fully saturated rings. The van der Waals surface area contributed by atoms with Crippen LogP contribution in [0.5, 0.6) is 0 Å². The van der Waals surface area contributed by atoms with E-state index in [2.05, 4.69) is 64.4 Å². The Hall–Kier alpha value is -1.71. The van der Waals surface area contributed by atoms with Gasteiger partial charge in [-0.2, -0.15) is 0 Å². The lowest BCUT2D eigenvalue weighted by Crippen LogP contribution is -2.47. The van der Waals surface area contributed by atoms with E-state index in [9.17, 15) is 0 Å². The molecule has 126 valence electrons. The van der Waals surface area contributed by atoms with Crippen molar-refractivity contribution in [3.63, 3.8) is 0 Å². The molecule has 0 amide bonds. The second kappa shape index (κ2) is 6.81. The first-order chi connectivity index (χ1) is 11.1. The lowest BCUT2D eigenvalue weighted by molar-refractivity contribution is 0.151. The number of hydrogen-bond donors (Lipinski definition) is 1. The van der Waals surface area contributed by atoms with E-state index in [-0.39, 0.29) is 0 Å². The van der Waals surface area contributed by atoms with Crippen molar-refractivity contribution in [2.24, 2.45) is 10.4 Å². The maximum atomic E-state index is 4.51. The number of para-hydroxylation sites is 1. The van der Waals surface area contributed by atoms with E-state index < -0.39 is 0 Å². The number of benzene rings is 1. The summed E-state index contributed by atoms with van der Waals surface area (Å²) in [5.74, 6) is 1.07. The zero-order chi connectivity index (χ0) is 16.3. The van der Waals surface area contributed by atoms with Crippen molar-refractivity contribution in [2.45, 2.75) is 38.6 Å². The van der Waals surface area contributed by atoms with Crippen LogP contribution in [0.1, 0.15) is 32.6 Å². The predicted molar refractivity (Wildman–Crippen MR) is 98.1 cm³/mol. The van der Waals surface area contributed by atoms with Crippen LogP contribution < -0.4 is 10.2 Å². The largest absolute Gasteiger partial charge is 0.370 e. The SMILES string of the molecule is CN=C(NCC(C)N(C)c1ccccc1)N1CCC2(CCC2)C1. The summed E-state index contributed by atoms with van der Waals surface area (Å²) >= 11 is 0. The molecule has 1 saturated heterocycles. The fourth-order valence-corrected chi connectivity index (χ4v) is 3.83. The van der Waals surface area contributed by atoms with Crippen LogP contribution in [0.3, 0.4) is 0 Å². The number of aliphatic imine (C=N–C) groups is 1. The van der Waals surface area contributed by atoms with Crippen molar-refractivity contribution < 1.29 is 0 Å². The minimum absolute atomic E-state index is 0.411. The van der Waals surface area contributed by atoms with E-state index in [1.54, 1.807) is 0 Å². The summed E-state index contributed by atoms with van der Waals surface area (Å²) in [5, 5.41) is 3.58. The van der Waals surface area contributed by atoms with Gasteiger partial charge >= 0.3 is 0 Å². The van der Waals surface area contributed by atoms with Crippen LogP contribution in [-0.2, 0) is 0 Å². The molecule has 1 saturated carbocycles. The summed E-state index contributed by atoms with van der Waals surface area (Å²) < 4.78 is 0. The Kier molecular flexibility index (Phi) is 4.79. The van der Waals surface area contributed by atoms with E-state index in [1.165, 1.54) is 37.9 Å². The predicted octanol–water partition coefficient (Wildman–Crippen LogP) is 2.96. The normalized spacial score (nSPS) is 21.2. The highest BCUT2D eigenvalue weighted by molar-refractivity contribution is 5.80. The Bertz CT molecular complexity index is 536. The van der Waals surface area contributed by atoms with Crippen LogP contribution in [0.25, 0.3) is 0 Å². The zero-order valence-corrected chi connectivity index (χ0v) is 14.8. The summed E-state index contributed by atoms with van der Waals surface area (Å²) in [6.45, 7) is 5.50. The highest BCUT2D eigenvalue weighted by Gasteiger charge is 2.43. The van der Waals surface area contributed by atoms with Crippen LogP contribution in [0.2, 0.25) is 0 Å². The maximum Gasteiger partial charge on any atom is 0.193 e. The van der Waals surface area contributed by atoms with Gasteiger partial charge in [-0.3, -0.25) is 4.99 Å². The molecule has 1 atom stereocenters. The van der Waals surface area contributed by atoms with Crippen LogP contribution in [0.4, 0.5) is 5.69 Å². The average Bonchev–Trinajstić information content (AvgIpc) is 3.01. The van der Waals surface area contributed by atoms with Gasteiger partial charge in [0.15, 0.2) is 5.96 Å². The quantitative estimate of drug-likeness (QED) is 0.685. The molecule has 23 heavy (non-hydrogen) atoms. The molecule has 1 aromatic carbocycles. The van der Waals surface area contributed by atoms with Gasteiger partial charge in [-0.05, 0) is 43.7 Å². The molecule has 1 spiro atoms. The Morgan fingerprint density at radius 3 is 2.61 bits per heavy atom.